The van der Waals surface area contributed by atoms with Crippen LogP contribution in [0.5, 0.6) is 5.75 Å². The average Bonchev–Trinajstić information content (AvgIpc) is 3.25. The maximum absolute atomic E-state index is 13.9. The van der Waals surface area contributed by atoms with Crippen molar-refractivity contribution in [3.8, 4) is 5.75 Å². The highest BCUT2D eigenvalue weighted by Gasteiger charge is 2.43. The first kappa shape index (κ1) is 26.9. The lowest BCUT2D eigenvalue weighted by Crippen LogP contribution is -2.29. The zero-order valence-corrected chi connectivity index (χ0v) is 22.9. The molecule has 0 radical (unpaired) electrons. The molecule has 3 aromatic carbocycles. The Balaban J connectivity index is 1.61. The molecule has 1 amide bonds. The molecule has 204 valence electrons. The van der Waals surface area contributed by atoms with Gasteiger partial charge in [-0.05, 0) is 85.5 Å². The van der Waals surface area contributed by atoms with Crippen LogP contribution in [-0.2, 0) is 4.74 Å². The lowest BCUT2D eigenvalue weighted by Gasteiger charge is -2.25. The van der Waals surface area contributed by atoms with Gasteiger partial charge in [-0.25, -0.2) is 4.79 Å². The van der Waals surface area contributed by atoms with Gasteiger partial charge in [-0.15, -0.1) is 0 Å². The molecule has 2 heterocycles. The van der Waals surface area contributed by atoms with E-state index in [-0.39, 0.29) is 16.8 Å². The van der Waals surface area contributed by atoms with Crippen molar-refractivity contribution in [1.82, 2.24) is 0 Å². The summed E-state index contributed by atoms with van der Waals surface area (Å²) in [5.74, 6) is -0.192. The first-order valence-corrected chi connectivity index (χ1v) is 13.4. The third-order valence-electron chi connectivity index (χ3n) is 7.16. The molecule has 4 aromatic rings. The van der Waals surface area contributed by atoms with Gasteiger partial charge in [0, 0.05) is 5.69 Å². The fraction of sp³-hybridized carbons (Fsp3) is 0.242. The molecule has 7 nitrogen and oxygen atoms in total. The van der Waals surface area contributed by atoms with Crippen LogP contribution in [0, 0.1) is 13.8 Å². The number of unbranched alkanes of at least 4 members (excludes halogenated alkanes) is 1. The van der Waals surface area contributed by atoms with Gasteiger partial charge in [0.05, 0.1) is 29.2 Å². The number of esters is 1. The topological polar surface area (TPSA) is 86.0 Å². The zero-order chi connectivity index (χ0) is 28.4. The highest BCUT2D eigenvalue weighted by atomic mass is 16.5. The summed E-state index contributed by atoms with van der Waals surface area (Å²) in [6.45, 7) is 10.3. The molecule has 7 heteroatoms. The monoisotopic (exact) mass is 537 g/mol. The number of carbonyl (C=O) groups excluding carboxylic acids is 2. The molecular weight excluding hydrogens is 506 g/mol. The molecule has 0 aliphatic carbocycles. The average molecular weight is 538 g/mol. The predicted octanol–water partition coefficient (Wildman–Crippen LogP) is 6.68. The van der Waals surface area contributed by atoms with Gasteiger partial charge in [0.15, 0.2) is 5.43 Å². The minimum Gasteiger partial charge on any atom is -0.490 e. The van der Waals surface area contributed by atoms with E-state index < -0.39 is 17.9 Å². The van der Waals surface area contributed by atoms with E-state index in [1.54, 1.807) is 53.4 Å². The Morgan fingerprint density at radius 1 is 1.02 bits per heavy atom. The summed E-state index contributed by atoms with van der Waals surface area (Å²) in [5.41, 5.74) is 3.96. The van der Waals surface area contributed by atoms with Crippen molar-refractivity contribution >= 4 is 28.5 Å². The molecule has 1 unspecified atom stereocenters. The highest BCUT2D eigenvalue weighted by molar-refractivity contribution is 6.11. The second-order valence-corrected chi connectivity index (χ2v) is 9.89. The van der Waals surface area contributed by atoms with Gasteiger partial charge in [-0.3, -0.25) is 14.5 Å². The van der Waals surface area contributed by atoms with Crippen molar-refractivity contribution in [2.45, 2.75) is 39.7 Å². The summed E-state index contributed by atoms with van der Waals surface area (Å²) in [6, 6.07) is 16.8. The molecule has 1 aliphatic heterocycles. The Bertz CT molecular complexity index is 1650. The maximum Gasteiger partial charge on any atom is 0.338 e. The van der Waals surface area contributed by atoms with Crippen LogP contribution in [-0.4, -0.2) is 25.1 Å². The smallest absolute Gasteiger partial charge is 0.338 e. The van der Waals surface area contributed by atoms with Gasteiger partial charge < -0.3 is 13.9 Å². The normalized spacial score (nSPS) is 14.3. The molecule has 0 saturated heterocycles. The molecule has 0 spiro atoms. The quantitative estimate of drug-likeness (QED) is 0.134. The molecule has 0 saturated carbocycles. The number of aryl methyl sites for hydroxylation is 2. The second kappa shape index (κ2) is 11.2. The number of ether oxygens (including phenoxy) is 2. The molecule has 5 rings (SSSR count). The van der Waals surface area contributed by atoms with E-state index in [9.17, 15) is 14.4 Å². The maximum atomic E-state index is 13.9. The van der Waals surface area contributed by atoms with E-state index >= 15 is 0 Å². The van der Waals surface area contributed by atoms with Crippen molar-refractivity contribution in [2.24, 2.45) is 0 Å². The van der Waals surface area contributed by atoms with Crippen molar-refractivity contribution in [1.29, 1.82) is 0 Å². The van der Waals surface area contributed by atoms with Crippen LogP contribution in [0.15, 0.2) is 82.5 Å². The van der Waals surface area contributed by atoms with E-state index in [4.69, 9.17) is 13.9 Å². The van der Waals surface area contributed by atoms with Crippen molar-refractivity contribution in [2.75, 3.05) is 18.1 Å². The predicted molar refractivity (Wildman–Crippen MR) is 154 cm³/mol. The van der Waals surface area contributed by atoms with Crippen molar-refractivity contribution in [3.63, 3.8) is 0 Å². The number of rotatable bonds is 9. The summed E-state index contributed by atoms with van der Waals surface area (Å²) in [4.78, 5) is 41.8. The number of anilines is 1. The number of fused-ring (bicyclic) bond motifs is 2. The molecular formula is C33H31NO6. The number of carbonyl (C=O) groups is 2. The standard InChI is InChI=1S/C33H31NO6/c1-5-7-17-39-33(37)23-8-12-24(13-9-23)34-29(22-10-14-25(15-11-22)38-16-6-2)28-30(35)26-18-20(3)21(4)19-27(26)40-31(28)32(34)36/h6,8-15,18-19,29H,2,5,7,16-17H2,1,3-4H3. The fourth-order valence-electron chi connectivity index (χ4n) is 4.86. The molecule has 1 atom stereocenters. The number of amides is 1. The summed E-state index contributed by atoms with van der Waals surface area (Å²) in [6.07, 6.45) is 3.37. The minimum atomic E-state index is -0.736. The van der Waals surface area contributed by atoms with Crippen LogP contribution in [0.2, 0.25) is 0 Å². The van der Waals surface area contributed by atoms with E-state index in [0.717, 1.165) is 29.5 Å². The first-order valence-electron chi connectivity index (χ1n) is 13.4. The van der Waals surface area contributed by atoms with E-state index in [1.165, 1.54) is 0 Å². The van der Waals surface area contributed by atoms with E-state index in [2.05, 4.69) is 6.58 Å². The molecule has 0 bridgehead atoms. The van der Waals surface area contributed by atoms with Gasteiger partial charge in [-0.1, -0.05) is 38.1 Å². The third-order valence-corrected chi connectivity index (χ3v) is 7.16. The second-order valence-electron chi connectivity index (χ2n) is 9.89. The summed E-state index contributed by atoms with van der Waals surface area (Å²) in [5, 5.41) is 0.428. The molecule has 1 aromatic heterocycles. The van der Waals surface area contributed by atoms with E-state index in [0.29, 0.717) is 41.2 Å². The number of benzene rings is 3. The van der Waals surface area contributed by atoms with Crippen LogP contribution in [0.4, 0.5) is 5.69 Å². The summed E-state index contributed by atoms with van der Waals surface area (Å²) < 4.78 is 17.1. The van der Waals surface area contributed by atoms with Gasteiger partial charge in [-0.2, -0.15) is 0 Å². The Hall–Kier alpha value is -4.65. The number of nitrogens with zero attached hydrogens (tertiary/aromatic N) is 1. The Morgan fingerprint density at radius 2 is 1.73 bits per heavy atom. The SMILES string of the molecule is C=CCOc1ccc(C2c3c(oc4cc(C)c(C)cc4c3=O)C(=O)N2c2ccc(C(=O)OCCCC)cc2)cc1. The van der Waals surface area contributed by atoms with Crippen LogP contribution in [0.3, 0.4) is 0 Å². The van der Waals surface area contributed by atoms with Crippen LogP contribution < -0.4 is 15.1 Å². The lowest BCUT2D eigenvalue weighted by atomic mass is 9.97. The van der Waals surface area contributed by atoms with Gasteiger partial charge in [0.25, 0.3) is 5.91 Å². The van der Waals surface area contributed by atoms with Crippen molar-refractivity contribution in [3.05, 3.63) is 117 Å². The van der Waals surface area contributed by atoms with Gasteiger partial charge in [0.1, 0.15) is 17.9 Å². The molecule has 0 N–H and O–H groups in total. The summed E-state index contributed by atoms with van der Waals surface area (Å²) >= 11 is 0. The Labute approximate surface area is 232 Å². The van der Waals surface area contributed by atoms with Crippen LogP contribution >= 0.6 is 0 Å². The van der Waals surface area contributed by atoms with Gasteiger partial charge in [0.2, 0.25) is 5.76 Å². The summed E-state index contributed by atoms with van der Waals surface area (Å²) in [7, 11) is 0. The minimum absolute atomic E-state index is 0.0146. The van der Waals surface area contributed by atoms with E-state index in [1.807, 2.05) is 39.0 Å². The molecule has 40 heavy (non-hydrogen) atoms. The van der Waals surface area contributed by atoms with Crippen molar-refractivity contribution < 1.29 is 23.5 Å². The zero-order valence-electron chi connectivity index (χ0n) is 22.9. The molecule has 1 aliphatic rings. The third kappa shape index (κ3) is 4.91. The van der Waals surface area contributed by atoms with Gasteiger partial charge >= 0.3 is 5.97 Å². The lowest BCUT2D eigenvalue weighted by molar-refractivity contribution is 0.0499. The highest BCUT2D eigenvalue weighted by Crippen LogP contribution is 2.41. The fourth-order valence-corrected chi connectivity index (χ4v) is 4.86. The number of hydrogen-bond acceptors (Lipinski definition) is 6. The van der Waals surface area contributed by atoms with Crippen LogP contribution in [0.25, 0.3) is 11.0 Å². The Morgan fingerprint density at radius 3 is 2.40 bits per heavy atom. The molecule has 0 fully saturated rings. The largest absolute Gasteiger partial charge is 0.490 e. The number of hydrogen-bond donors (Lipinski definition) is 0. The Kier molecular flexibility index (Phi) is 7.56. The van der Waals surface area contributed by atoms with Crippen LogP contribution in [0.1, 0.15) is 69.0 Å². The first-order chi connectivity index (χ1) is 19.3.